The van der Waals surface area contributed by atoms with Crippen molar-refractivity contribution in [3.63, 3.8) is 0 Å². The first-order chi connectivity index (χ1) is 7.89. The van der Waals surface area contributed by atoms with E-state index < -0.39 is 0 Å². The van der Waals surface area contributed by atoms with E-state index in [0.717, 1.165) is 12.3 Å². The Labute approximate surface area is 105 Å². The number of rotatable bonds is 2. The number of hydrogen-bond donors (Lipinski definition) is 0. The molecule has 0 N–H and O–H groups in total. The summed E-state index contributed by atoms with van der Waals surface area (Å²) in [5, 5.41) is 0. The van der Waals surface area contributed by atoms with Crippen molar-refractivity contribution in [2.24, 2.45) is 23.2 Å². The van der Waals surface area contributed by atoms with Gasteiger partial charge in [0.2, 0.25) is 0 Å². The summed E-state index contributed by atoms with van der Waals surface area (Å²) in [4.78, 5) is 11.5. The van der Waals surface area contributed by atoms with E-state index >= 15 is 0 Å². The molecule has 1 saturated heterocycles. The first-order valence-corrected chi connectivity index (χ1v) is 7.09. The smallest absolute Gasteiger partial charge is 0.306 e. The van der Waals surface area contributed by atoms with Gasteiger partial charge in [0.05, 0.1) is 0 Å². The Balaban J connectivity index is 2.04. The van der Waals surface area contributed by atoms with E-state index in [0.29, 0.717) is 23.7 Å². The van der Waals surface area contributed by atoms with Crippen molar-refractivity contribution in [3.8, 4) is 0 Å². The van der Waals surface area contributed by atoms with Crippen LogP contribution in [0.15, 0.2) is 0 Å². The molecule has 2 nitrogen and oxygen atoms in total. The minimum atomic E-state index is 0.0209. The average Bonchev–Trinajstić information content (AvgIpc) is 2.13. The van der Waals surface area contributed by atoms with Gasteiger partial charge >= 0.3 is 5.97 Å². The molecule has 1 aliphatic carbocycles. The second kappa shape index (κ2) is 4.62. The zero-order valence-electron chi connectivity index (χ0n) is 11.7. The molecule has 0 aromatic heterocycles. The largest absolute Gasteiger partial charge is 0.462 e. The molecule has 1 heterocycles. The van der Waals surface area contributed by atoms with Crippen LogP contribution < -0.4 is 0 Å². The number of carbonyl (C=O) groups excluding carboxylic acids is 1. The maximum absolute atomic E-state index is 11.5. The summed E-state index contributed by atoms with van der Waals surface area (Å²) in [7, 11) is 0. The average molecular weight is 238 g/mol. The summed E-state index contributed by atoms with van der Waals surface area (Å²) < 4.78 is 5.60. The lowest BCUT2D eigenvalue weighted by Gasteiger charge is -2.47. The Morgan fingerprint density at radius 1 is 1.47 bits per heavy atom. The topological polar surface area (TPSA) is 26.3 Å². The summed E-state index contributed by atoms with van der Waals surface area (Å²) in [6.45, 7) is 9.15. The standard InChI is InChI=1S/C15H26O2/c1-10(2)8-15(4)6-5-12-11(3)7-14(16)17-13(12)9-15/h10-13H,5-9H2,1-4H3. The third-order valence-electron chi connectivity index (χ3n) is 4.66. The van der Waals surface area contributed by atoms with E-state index in [2.05, 4.69) is 27.7 Å². The second-order valence-electron chi connectivity index (χ2n) is 7.03. The second-order valence-corrected chi connectivity index (χ2v) is 7.03. The lowest BCUT2D eigenvalue weighted by molar-refractivity contribution is -0.170. The van der Waals surface area contributed by atoms with Crippen molar-refractivity contribution >= 4 is 5.97 Å². The molecule has 17 heavy (non-hydrogen) atoms. The maximum atomic E-state index is 11.5. The Morgan fingerprint density at radius 3 is 2.82 bits per heavy atom. The number of hydrogen-bond acceptors (Lipinski definition) is 2. The van der Waals surface area contributed by atoms with Gasteiger partial charge in [-0.2, -0.15) is 0 Å². The minimum absolute atomic E-state index is 0.0209. The molecule has 1 saturated carbocycles. The van der Waals surface area contributed by atoms with Gasteiger partial charge in [0.1, 0.15) is 6.10 Å². The number of esters is 1. The molecule has 98 valence electrons. The Bertz CT molecular complexity index is 297. The molecule has 0 amide bonds. The summed E-state index contributed by atoms with van der Waals surface area (Å²) in [6.07, 6.45) is 5.69. The van der Waals surface area contributed by atoms with E-state index in [9.17, 15) is 4.79 Å². The van der Waals surface area contributed by atoms with Gasteiger partial charge in [-0.05, 0) is 48.9 Å². The Kier molecular flexibility index (Phi) is 3.51. The van der Waals surface area contributed by atoms with E-state index in [4.69, 9.17) is 4.74 Å². The predicted octanol–water partition coefficient (Wildman–Crippen LogP) is 3.79. The predicted molar refractivity (Wildman–Crippen MR) is 68.6 cm³/mol. The van der Waals surface area contributed by atoms with Gasteiger partial charge in [0.25, 0.3) is 0 Å². The van der Waals surface area contributed by atoms with Crippen molar-refractivity contribution in [2.75, 3.05) is 0 Å². The van der Waals surface area contributed by atoms with Crippen molar-refractivity contribution in [1.29, 1.82) is 0 Å². The number of carbonyl (C=O) groups is 1. The van der Waals surface area contributed by atoms with E-state index in [1.54, 1.807) is 0 Å². The first-order valence-electron chi connectivity index (χ1n) is 7.09. The minimum Gasteiger partial charge on any atom is -0.462 e. The first kappa shape index (κ1) is 12.9. The monoisotopic (exact) mass is 238 g/mol. The van der Waals surface area contributed by atoms with Crippen molar-refractivity contribution in [3.05, 3.63) is 0 Å². The fraction of sp³-hybridized carbons (Fsp3) is 0.933. The summed E-state index contributed by atoms with van der Waals surface area (Å²) >= 11 is 0. The molecule has 4 atom stereocenters. The fourth-order valence-corrected chi connectivity index (χ4v) is 4.02. The number of fused-ring (bicyclic) bond motifs is 1. The molecule has 2 aliphatic rings. The Hall–Kier alpha value is -0.530. The molecule has 2 rings (SSSR count). The van der Waals surface area contributed by atoms with Crippen LogP contribution in [0.5, 0.6) is 0 Å². The summed E-state index contributed by atoms with van der Waals surface area (Å²) in [5.41, 5.74) is 0.382. The van der Waals surface area contributed by atoms with Gasteiger partial charge in [-0.25, -0.2) is 0 Å². The van der Waals surface area contributed by atoms with E-state index in [1.165, 1.54) is 19.3 Å². The molecule has 2 heteroatoms. The number of ether oxygens (including phenoxy) is 1. The van der Waals surface area contributed by atoms with Gasteiger partial charge in [-0.15, -0.1) is 0 Å². The van der Waals surface area contributed by atoms with Crippen molar-refractivity contribution in [1.82, 2.24) is 0 Å². The molecule has 0 aromatic rings. The lowest BCUT2D eigenvalue weighted by atomic mass is 9.63. The summed E-state index contributed by atoms with van der Waals surface area (Å²) in [5.74, 6) is 1.89. The molecule has 0 radical (unpaired) electrons. The summed E-state index contributed by atoms with van der Waals surface area (Å²) in [6, 6.07) is 0. The molecule has 2 fully saturated rings. The molecule has 4 unspecified atom stereocenters. The van der Waals surface area contributed by atoms with Crippen LogP contribution in [0.2, 0.25) is 0 Å². The van der Waals surface area contributed by atoms with Gasteiger partial charge in [-0.3, -0.25) is 4.79 Å². The zero-order chi connectivity index (χ0) is 12.6. The fourth-order valence-electron chi connectivity index (χ4n) is 4.02. The normalized spacial score (nSPS) is 42.2. The highest BCUT2D eigenvalue weighted by molar-refractivity contribution is 5.70. The van der Waals surface area contributed by atoms with Gasteiger partial charge in [0, 0.05) is 6.42 Å². The SMILES string of the molecule is CC(C)CC1(C)CCC2C(C)CC(=O)OC2C1. The highest BCUT2D eigenvalue weighted by atomic mass is 16.5. The quantitative estimate of drug-likeness (QED) is 0.684. The molecule has 1 aliphatic heterocycles. The van der Waals surface area contributed by atoms with Crippen LogP contribution in [0.25, 0.3) is 0 Å². The molecular weight excluding hydrogens is 212 g/mol. The molecule has 0 aromatic carbocycles. The van der Waals surface area contributed by atoms with Crippen LogP contribution in [-0.4, -0.2) is 12.1 Å². The van der Waals surface area contributed by atoms with E-state index in [-0.39, 0.29) is 12.1 Å². The van der Waals surface area contributed by atoms with Gasteiger partial charge < -0.3 is 4.74 Å². The van der Waals surface area contributed by atoms with Crippen LogP contribution in [0.1, 0.15) is 59.8 Å². The third-order valence-corrected chi connectivity index (χ3v) is 4.66. The van der Waals surface area contributed by atoms with Crippen LogP contribution in [0, 0.1) is 23.2 Å². The van der Waals surface area contributed by atoms with Crippen molar-refractivity contribution < 1.29 is 9.53 Å². The zero-order valence-corrected chi connectivity index (χ0v) is 11.7. The van der Waals surface area contributed by atoms with Crippen LogP contribution in [0.4, 0.5) is 0 Å². The van der Waals surface area contributed by atoms with E-state index in [1.807, 2.05) is 0 Å². The molecule has 0 spiro atoms. The van der Waals surface area contributed by atoms with Crippen LogP contribution >= 0.6 is 0 Å². The third kappa shape index (κ3) is 2.83. The van der Waals surface area contributed by atoms with Crippen molar-refractivity contribution in [2.45, 2.75) is 65.9 Å². The molecule has 0 bridgehead atoms. The maximum Gasteiger partial charge on any atom is 0.306 e. The van der Waals surface area contributed by atoms with Gasteiger partial charge in [0.15, 0.2) is 0 Å². The van der Waals surface area contributed by atoms with Crippen LogP contribution in [-0.2, 0) is 9.53 Å². The van der Waals surface area contributed by atoms with Crippen LogP contribution in [0.3, 0.4) is 0 Å². The van der Waals surface area contributed by atoms with Gasteiger partial charge in [-0.1, -0.05) is 27.7 Å². The highest BCUT2D eigenvalue weighted by Gasteiger charge is 2.44. The Morgan fingerprint density at radius 2 is 2.18 bits per heavy atom. The highest BCUT2D eigenvalue weighted by Crippen LogP contribution is 2.48. The molecular formula is C15H26O2. The lowest BCUT2D eigenvalue weighted by Crippen LogP contribution is -2.45.